The van der Waals surface area contributed by atoms with Crippen molar-refractivity contribution in [2.75, 3.05) is 0 Å². The van der Waals surface area contributed by atoms with Gasteiger partial charge in [0.15, 0.2) is 0 Å². The van der Waals surface area contributed by atoms with Crippen molar-refractivity contribution in [2.45, 2.75) is 39.5 Å². The molecule has 1 aliphatic carbocycles. The molecule has 0 bridgehead atoms. The number of aryl methyl sites for hydroxylation is 2. The lowest BCUT2D eigenvalue weighted by Crippen LogP contribution is -2.08. The van der Waals surface area contributed by atoms with E-state index in [9.17, 15) is 4.79 Å². The molecule has 0 saturated heterocycles. The van der Waals surface area contributed by atoms with E-state index < -0.39 is 5.97 Å². The molecule has 0 aromatic heterocycles. The van der Waals surface area contributed by atoms with Gasteiger partial charge >= 0.3 is 5.97 Å². The van der Waals surface area contributed by atoms with Crippen molar-refractivity contribution in [2.24, 2.45) is 0 Å². The summed E-state index contributed by atoms with van der Waals surface area (Å²) in [6.45, 7) is 6.51. The van der Waals surface area contributed by atoms with Gasteiger partial charge < -0.3 is 5.11 Å². The summed E-state index contributed by atoms with van der Waals surface area (Å²) in [6.07, 6.45) is 3.12. The van der Waals surface area contributed by atoms with Gasteiger partial charge in [0.25, 0.3) is 0 Å². The lowest BCUT2D eigenvalue weighted by molar-refractivity contribution is -0.135. The number of fused-ring (bicyclic) bond motifs is 3. The van der Waals surface area contributed by atoms with Gasteiger partial charge in [0, 0.05) is 0 Å². The molecule has 0 heterocycles. The highest BCUT2D eigenvalue weighted by molar-refractivity contribution is 5.97. The predicted octanol–water partition coefficient (Wildman–Crippen LogP) is 4.82. The van der Waals surface area contributed by atoms with Gasteiger partial charge in [-0.1, -0.05) is 37.3 Å². The van der Waals surface area contributed by atoms with Crippen LogP contribution in [0.5, 0.6) is 0 Å². The second kappa shape index (κ2) is 5.03. The molecule has 2 aromatic rings. The Hall–Kier alpha value is -2.09. The first-order valence-corrected chi connectivity index (χ1v) is 7.43. The number of benzene rings is 2. The third-order valence-corrected chi connectivity index (χ3v) is 4.55. The highest BCUT2D eigenvalue weighted by Crippen LogP contribution is 2.41. The molecule has 2 nitrogen and oxygen atoms in total. The summed E-state index contributed by atoms with van der Waals surface area (Å²) < 4.78 is 0. The SMILES string of the molecule is Cc1ccc(C)c2c3c(ccc12)C(CC(=O)O)=CCC3C. The van der Waals surface area contributed by atoms with E-state index in [1.165, 1.54) is 27.5 Å². The molecule has 0 amide bonds. The van der Waals surface area contributed by atoms with Crippen molar-refractivity contribution in [1.82, 2.24) is 0 Å². The fraction of sp³-hybridized carbons (Fsp3) is 0.316. The second-order valence-corrected chi connectivity index (χ2v) is 6.09. The van der Waals surface area contributed by atoms with Gasteiger partial charge in [0.1, 0.15) is 0 Å². The van der Waals surface area contributed by atoms with E-state index in [0.717, 1.165) is 17.6 Å². The van der Waals surface area contributed by atoms with Gasteiger partial charge in [-0.05, 0) is 64.8 Å². The Morgan fingerprint density at radius 1 is 1.19 bits per heavy atom. The van der Waals surface area contributed by atoms with E-state index in [1.807, 2.05) is 0 Å². The van der Waals surface area contributed by atoms with Gasteiger partial charge in [0.05, 0.1) is 6.42 Å². The first-order valence-electron chi connectivity index (χ1n) is 7.43. The minimum absolute atomic E-state index is 0.107. The molecular formula is C19H20O2. The van der Waals surface area contributed by atoms with Crippen LogP contribution in [0, 0.1) is 13.8 Å². The van der Waals surface area contributed by atoms with E-state index in [0.29, 0.717) is 5.92 Å². The molecule has 1 atom stereocenters. The molecule has 0 radical (unpaired) electrons. The number of carboxylic acid groups (broad SMARTS) is 1. The number of aliphatic carboxylic acids is 1. The minimum Gasteiger partial charge on any atom is -0.481 e. The summed E-state index contributed by atoms with van der Waals surface area (Å²) in [5, 5.41) is 11.7. The standard InChI is InChI=1S/C19H20O2/c1-11-4-5-12(2)18-15(11)8-9-16-14(10-17(20)21)7-6-13(3)19(16)18/h4-5,7-9,13H,6,10H2,1-3H3,(H,20,21). The first-order chi connectivity index (χ1) is 9.99. The molecule has 2 heteroatoms. The van der Waals surface area contributed by atoms with E-state index in [1.54, 1.807) is 0 Å². The molecule has 0 aliphatic heterocycles. The second-order valence-electron chi connectivity index (χ2n) is 6.09. The van der Waals surface area contributed by atoms with Gasteiger partial charge in [-0.15, -0.1) is 0 Å². The van der Waals surface area contributed by atoms with Crippen molar-refractivity contribution in [3.05, 3.63) is 52.6 Å². The molecule has 108 valence electrons. The molecule has 1 aliphatic rings. The number of carboxylic acids is 1. The molecule has 1 unspecified atom stereocenters. The number of allylic oxidation sites excluding steroid dienone is 1. The fourth-order valence-electron chi connectivity index (χ4n) is 3.47. The molecule has 2 aromatic carbocycles. The van der Waals surface area contributed by atoms with Crippen LogP contribution >= 0.6 is 0 Å². The molecule has 1 N–H and O–H groups in total. The number of rotatable bonds is 2. The molecule has 3 rings (SSSR count). The maximum Gasteiger partial charge on any atom is 0.307 e. The third-order valence-electron chi connectivity index (χ3n) is 4.55. The van der Waals surface area contributed by atoms with Crippen molar-refractivity contribution >= 4 is 22.3 Å². The van der Waals surface area contributed by atoms with Crippen LogP contribution < -0.4 is 0 Å². The monoisotopic (exact) mass is 280 g/mol. The zero-order valence-electron chi connectivity index (χ0n) is 12.7. The smallest absolute Gasteiger partial charge is 0.307 e. The Morgan fingerprint density at radius 2 is 1.90 bits per heavy atom. The summed E-state index contributed by atoms with van der Waals surface area (Å²) in [5.41, 5.74) is 5.96. The van der Waals surface area contributed by atoms with Crippen molar-refractivity contribution in [1.29, 1.82) is 0 Å². The lowest BCUT2D eigenvalue weighted by atomic mass is 9.78. The third kappa shape index (κ3) is 2.25. The van der Waals surface area contributed by atoms with Crippen molar-refractivity contribution < 1.29 is 9.90 Å². The number of carbonyl (C=O) groups is 1. The maximum absolute atomic E-state index is 11.1. The quantitative estimate of drug-likeness (QED) is 0.856. The normalized spacial score (nSPS) is 17.5. The largest absolute Gasteiger partial charge is 0.481 e. The van der Waals surface area contributed by atoms with E-state index >= 15 is 0 Å². The topological polar surface area (TPSA) is 37.3 Å². The fourth-order valence-corrected chi connectivity index (χ4v) is 3.47. The Kier molecular flexibility index (Phi) is 3.32. The highest BCUT2D eigenvalue weighted by Gasteiger charge is 2.23. The Morgan fingerprint density at radius 3 is 2.62 bits per heavy atom. The predicted molar refractivity (Wildman–Crippen MR) is 86.7 cm³/mol. The van der Waals surface area contributed by atoms with Crippen LogP contribution in [-0.4, -0.2) is 11.1 Å². The van der Waals surface area contributed by atoms with Gasteiger partial charge in [-0.3, -0.25) is 4.79 Å². The zero-order valence-corrected chi connectivity index (χ0v) is 12.7. The zero-order chi connectivity index (χ0) is 15.1. The summed E-state index contributed by atoms with van der Waals surface area (Å²) in [7, 11) is 0. The Labute approximate surface area is 125 Å². The van der Waals surface area contributed by atoms with Gasteiger partial charge in [-0.2, -0.15) is 0 Å². The van der Waals surface area contributed by atoms with E-state index in [2.05, 4.69) is 51.1 Å². The molecule has 0 fully saturated rings. The van der Waals surface area contributed by atoms with Crippen molar-refractivity contribution in [3.63, 3.8) is 0 Å². The molecule has 21 heavy (non-hydrogen) atoms. The number of hydrogen-bond acceptors (Lipinski definition) is 1. The van der Waals surface area contributed by atoms with Crippen LogP contribution in [0.1, 0.15) is 47.9 Å². The minimum atomic E-state index is -0.761. The number of hydrogen-bond donors (Lipinski definition) is 1. The lowest BCUT2D eigenvalue weighted by Gasteiger charge is -2.26. The first kappa shape index (κ1) is 13.9. The Bertz CT molecular complexity index is 769. The summed E-state index contributed by atoms with van der Waals surface area (Å²) in [5.74, 6) is -0.329. The molecule has 0 spiro atoms. The van der Waals surface area contributed by atoms with Gasteiger partial charge in [0.2, 0.25) is 0 Å². The highest BCUT2D eigenvalue weighted by atomic mass is 16.4. The molecule has 0 saturated carbocycles. The average Bonchev–Trinajstić information content (AvgIpc) is 2.45. The van der Waals surface area contributed by atoms with Gasteiger partial charge in [-0.25, -0.2) is 0 Å². The summed E-state index contributed by atoms with van der Waals surface area (Å²) in [4.78, 5) is 11.1. The van der Waals surface area contributed by atoms with Crippen LogP contribution in [0.4, 0.5) is 0 Å². The van der Waals surface area contributed by atoms with Crippen LogP contribution in [0.25, 0.3) is 16.3 Å². The van der Waals surface area contributed by atoms with E-state index in [4.69, 9.17) is 5.11 Å². The van der Waals surface area contributed by atoms with Crippen LogP contribution in [0.3, 0.4) is 0 Å². The average molecular weight is 280 g/mol. The maximum atomic E-state index is 11.1. The Balaban J connectivity index is 2.32. The van der Waals surface area contributed by atoms with Crippen molar-refractivity contribution in [3.8, 4) is 0 Å². The molecular weight excluding hydrogens is 260 g/mol. The van der Waals surface area contributed by atoms with E-state index in [-0.39, 0.29) is 6.42 Å². The summed E-state index contributed by atoms with van der Waals surface area (Å²) >= 11 is 0. The van der Waals surface area contributed by atoms with Crippen LogP contribution in [-0.2, 0) is 4.79 Å². The summed E-state index contributed by atoms with van der Waals surface area (Å²) in [6, 6.07) is 8.57. The van der Waals surface area contributed by atoms with Crippen LogP contribution in [0.2, 0.25) is 0 Å². The van der Waals surface area contributed by atoms with Crippen LogP contribution in [0.15, 0.2) is 30.3 Å².